The first-order chi connectivity index (χ1) is 11.5. The zero-order chi connectivity index (χ0) is 17.3. The molecule has 1 saturated heterocycles. The van der Waals surface area contributed by atoms with Crippen LogP contribution in [-0.4, -0.2) is 43.2 Å². The lowest BCUT2D eigenvalue weighted by Gasteiger charge is -2.27. The van der Waals surface area contributed by atoms with Crippen molar-refractivity contribution in [3.05, 3.63) is 47.5 Å². The molecule has 7 heteroatoms. The molecular formula is C17H20N4O3. The molecule has 0 bridgehead atoms. The van der Waals surface area contributed by atoms with Gasteiger partial charge in [0.25, 0.3) is 0 Å². The van der Waals surface area contributed by atoms with Gasteiger partial charge in [-0.1, -0.05) is 6.07 Å². The Labute approximate surface area is 139 Å². The average Bonchev–Trinajstić information content (AvgIpc) is 3.07. The minimum Gasteiger partial charge on any atom is -0.481 e. The van der Waals surface area contributed by atoms with E-state index in [2.05, 4.69) is 10.1 Å². The average molecular weight is 328 g/mol. The molecule has 0 saturated carbocycles. The topological polar surface area (TPSA) is 88.3 Å². The number of aromatic nitrogens is 3. The molecule has 2 aromatic heterocycles. The highest BCUT2D eigenvalue weighted by molar-refractivity contribution is 5.87. The molecule has 1 amide bonds. The maximum Gasteiger partial charge on any atom is 0.309 e. The number of pyridine rings is 1. The van der Waals surface area contributed by atoms with Gasteiger partial charge in [-0.3, -0.25) is 19.3 Å². The predicted molar refractivity (Wildman–Crippen MR) is 86.1 cm³/mol. The highest BCUT2D eigenvalue weighted by Crippen LogP contribution is 2.39. The van der Waals surface area contributed by atoms with Crippen molar-refractivity contribution in [1.82, 2.24) is 19.7 Å². The van der Waals surface area contributed by atoms with E-state index in [1.165, 1.54) is 0 Å². The number of nitrogens with zero attached hydrogens (tertiary/aromatic N) is 4. The Balaban J connectivity index is 1.88. The lowest BCUT2D eigenvalue weighted by atomic mass is 9.94. The van der Waals surface area contributed by atoms with Crippen molar-refractivity contribution in [3.63, 3.8) is 0 Å². The summed E-state index contributed by atoms with van der Waals surface area (Å²) < 4.78 is 1.70. The summed E-state index contributed by atoms with van der Waals surface area (Å²) >= 11 is 0. The van der Waals surface area contributed by atoms with Crippen molar-refractivity contribution in [3.8, 4) is 0 Å². The van der Waals surface area contributed by atoms with Crippen molar-refractivity contribution in [2.24, 2.45) is 13.0 Å². The van der Waals surface area contributed by atoms with E-state index in [9.17, 15) is 14.7 Å². The Morgan fingerprint density at radius 3 is 2.79 bits per heavy atom. The standard InChI is InChI=1S/C17H20N4O3/c1-11-14(10-19-20(11)2)16-13(17(23)24)8-15(22)21(16)7-5-12-4-3-6-18-9-12/h3-4,6,9-10,13,16H,5,7-8H2,1-2H3,(H,23,24)/t13-,16-/m0/s1. The van der Waals surface area contributed by atoms with Crippen molar-refractivity contribution in [2.45, 2.75) is 25.8 Å². The Bertz CT molecular complexity index is 756. The fourth-order valence-electron chi connectivity index (χ4n) is 3.26. The Hall–Kier alpha value is -2.70. The van der Waals surface area contributed by atoms with Gasteiger partial charge in [-0.15, -0.1) is 0 Å². The molecule has 1 aliphatic heterocycles. The summed E-state index contributed by atoms with van der Waals surface area (Å²) in [6, 6.07) is 3.33. The van der Waals surface area contributed by atoms with Crippen LogP contribution >= 0.6 is 0 Å². The number of aliphatic carboxylic acids is 1. The summed E-state index contributed by atoms with van der Waals surface area (Å²) in [5, 5.41) is 13.8. The molecule has 24 heavy (non-hydrogen) atoms. The SMILES string of the molecule is Cc1c([C@@H]2[C@@H](C(=O)O)CC(=O)N2CCc2cccnc2)cnn1C. The summed E-state index contributed by atoms with van der Waals surface area (Å²) in [6.45, 7) is 2.36. The van der Waals surface area contributed by atoms with Gasteiger partial charge in [0.2, 0.25) is 5.91 Å². The zero-order valence-electron chi connectivity index (χ0n) is 13.7. The lowest BCUT2D eigenvalue weighted by Crippen LogP contribution is -2.32. The third-order valence-electron chi connectivity index (χ3n) is 4.71. The number of carbonyl (C=O) groups excluding carboxylic acids is 1. The molecule has 3 heterocycles. The summed E-state index contributed by atoms with van der Waals surface area (Å²) in [4.78, 5) is 29.8. The zero-order valence-corrected chi connectivity index (χ0v) is 13.7. The summed E-state index contributed by atoms with van der Waals surface area (Å²) in [5.41, 5.74) is 2.71. The first-order valence-electron chi connectivity index (χ1n) is 7.88. The van der Waals surface area contributed by atoms with Gasteiger partial charge >= 0.3 is 5.97 Å². The van der Waals surface area contributed by atoms with E-state index in [1.54, 1.807) is 28.2 Å². The van der Waals surface area contributed by atoms with Crippen LogP contribution in [0.5, 0.6) is 0 Å². The number of carboxylic acid groups (broad SMARTS) is 1. The maximum absolute atomic E-state index is 12.4. The van der Waals surface area contributed by atoms with Crippen LogP contribution in [-0.2, 0) is 23.1 Å². The number of rotatable bonds is 5. The first-order valence-corrected chi connectivity index (χ1v) is 7.88. The quantitative estimate of drug-likeness (QED) is 0.895. The molecule has 0 unspecified atom stereocenters. The minimum atomic E-state index is -0.944. The highest BCUT2D eigenvalue weighted by Gasteiger charge is 2.45. The van der Waals surface area contributed by atoms with Crippen LogP contribution in [0.25, 0.3) is 0 Å². The molecule has 126 valence electrons. The summed E-state index contributed by atoms with van der Waals surface area (Å²) in [5.74, 6) is -1.81. The number of likely N-dealkylation sites (tertiary alicyclic amines) is 1. The number of carboxylic acids is 1. The van der Waals surface area contributed by atoms with Crippen molar-refractivity contribution in [2.75, 3.05) is 6.54 Å². The molecule has 0 aliphatic carbocycles. The van der Waals surface area contributed by atoms with Gasteiger partial charge in [-0.05, 0) is 25.0 Å². The van der Waals surface area contributed by atoms with Crippen LogP contribution < -0.4 is 0 Å². The minimum absolute atomic E-state index is 0.0291. The van der Waals surface area contributed by atoms with Crippen LogP contribution in [0.2, 0.25) is 0 Å². The predicted octanol–water partition coefficient (Wildman–Crippen LogP) is 1.34. The Kier molecular flexibility index (Phi) is 4.33. The van der Waals surface area contributed by atoms with Crippen LogP contribution in [0.3, 0.4) is 0 Å². The largest absolute Gasteiger partial charge is 0.481 e. The highest BCUT2D eigenvalue weighted by atomic mass is 16.4. The normalized spacial score (nSPS) is 20.6. The van der Waals surface area contributed by atoms with E-state index in [0.29, 0.717) is 13.0 Å². The molecular weight excluding hydrogens is 308 g/mol. The second kappa shape index (κ2) is 6.43. The third kappa shape index (κ3) is 2.89. The lowest BCUT2D eigenvalue weighted by molar-refractivity contribution is -0.142. The molecule has 7 nitrogen and oxygen atoms in total. The van der Waals surface area contributed by atoms with E-state index in [1.807, 2.05) is 26.1 Å². The molecule has 2 atom stereocenters. The Morgan fingerprint density at radius 2 is 2.21 bits per heavy atom. The van der Waals surface area contributed by atoms with Gasteiger partial charge in [-0.25, -0.2) is 0 Å². The van der Waals surface area contributed by atoms with Crippen molar-refractivity contribution >= 4 is 11.9 Å². The van der Waals surface area contributed by atoms with Crippen molar-refractivity contribution < 1.29 is 14.7 Å². The van der Waals surface area contributed by atoms with E-state index < -0.39 is 17.9 Å². The van der Waals surface area contributed by atoms with Crippen LogP contribution in [0, 0.1) is 12.8 Å². The van der Waals surface area contributed by atoms with Crippen LogP contribution in [0.15, 0.2) is 30.7 Å². The Morgan fingerprint density at radius 1 is 1.42 bits per heavy atom. The fraction of sp³-hybridized carbons (Fsp3) is 0.412. The van der Waals surface area contributed by atoms with Crippen molar-refractivity contribution in [1.29, 1.82) is 0 Å². The summed E-state index contributed by atoms with van der Waals surface area (Å²) in [6.07, 6.45) is 5.81. The second-order valence-corrected chi connectivity index (χ2v) is 6.10. The van der Waals surface area contributed by atoms with Gasteiger partial charge < -0.3 is 10.0 Å². The second-order valence-electron chi connectivity index (χ2n) is 6.10. The number of amides is 1. The molecule has 1 aliphatic rings. The first kappa shape index (κ1) is 16.2. The van der Waals surface area contributed by atoms with E-state index in [0.717, 1.165) is 16.8 Å². The van der Waals surface area contributed by atoms with Gasteiger partial charge in [-0.2, -0.15) is 5.10 Å². The molecule has 0 spiro atoms. The number of hydrogen-bond acceptors (Lipinski definition) is 4. The monoisotopic (exact) mass is 328 g/mol. The molecule has 2 aromatic rings. The molecule has 1 N–H and O–H groups in total. The molecule has 0 aromatic carbocycles. The maximum atomic E-state index is 12.4. The van der Waals surface area contributed by atoms with E-state index >= 15 is 0 Å². The van der Waals surface area contributed by atoms with Crippen LogP contribution in [0.4, 0.5) is 0 Å². The van der Waals surface area contributed by atoms with Gasteiger partial charge in [0, 0.05) is 43.7 Å². The molecule has 0 radical (unpaired) electrons. The molecule has 3 rings (SSSR count). The summed E-state index contributed by atoms with van der Waals surface area (Å²) in [7, 11) is 1.81. The van der Waals surface area contributed by atoms with E-state index in [-0.39, 0.29) is 12.3 Å². The van der Waals surface area contributed by atoms with Crippen LogP contribution in [0.1, 0.15) is 29.3 Å². The number of carbonyl (C=O) groups is 2. The third-order valence-corrected chi connectivity index (χ3v) is 4.71. The number of aryl methyl sites for hydroxylation is 1. The molecule has 1 fully saturated rings. The number of hydrogen-bond donors (Lipinski definition) is 1. The fourth-order valence-corrected chi connectivity index (χ4v) is 3.26. The smallest absolute Gasteiger partial charge is 0.309 e. The van der Waals surface area contributed by atoms with Gasteiger partial charge in [0.05, 0.1) is 18.2 Å². The van der Waals surface area contributed by atoms with Gasteiger partial charge in [0.15, 0.2) is 0 Å². The van der Waals surface area contributed by atoms with Gasteiger partial charge in [0.1, 0.15) is 0 Å². The van der Waals surface area contributed by atoms with E-state index in [4.69, 9.17) is 0 Å².